The van der Waals surface area contributed by atoms with E-state index in [-0.39, 0.29) is 0 Å². The molecule has 27 heavy (non-hydrogen) atoms. The quantitative estimate of drug-likeness (QED) is 0.148. The van der Waals surface area contributed by atoms with Crippen molar-refractivity contribution in [1.82, 2.24) is 0 Å². The molecule has 1 heteroatoms. The lowest BCUT2D eigenvalue weighted by atomic mass is 10.1. The molecule has 0 radical (unpaired) electrons. The second-order valence-corrected chi connectivity index (χ2v) is 3.39. The maximum absolute atomic E-state index is 8.82. The van der Waals surface area contributed by atoms with Gasteiger partial charge in [0.2, 0.25) is 0 Å². The Labute approximate surface area is 253 Å². The molecule has 0 saturated carbocycles. The van der Waals surface area contributed by atoms with Gasteiger partial charge in [-0.2, -0.15) is 0 Å². The first-order chi connectivity index (χ1) is 34.5. The molecule has 0 bridgehead atoms. The van der Waals surface area contributed by atoms with E-state index in [2.05, 4.69) is 0 Å². The first kappa shape index (κ1) is 2.70. The molecule has 0 amide bonds. The summed E-state index contributed by atoms with van der Waals surface area (Å²) < 4.78 is 455. The van der Waals surface area contributed by atoms with Crippen LogP contribution in [0, 0.1) is 0 Å². The highest BCUT2D eigenvalue weighted by Crippen LogP contribution is 2.14. The van der Waals surface area contributed by atoms with E-state index in [1.807, 2.05) is 0 Å². The van der Waals surface area contributed by atoms with Gasteiger partial charge in [-0.3, -0.25) is 0 Å². The molecule has 0 aromatic heterocycles. The van der Waals surface area contributed by atoms with E-state index in [1.54, 1.807) is 0 Å². The monoisotopic (exact) mass is 439 g/mol. The van der Waals surface area contributed by atoms with Crippen molar-refractivity contribution >= 4 is 0 Å². The standard InChI is InChI=1S/C26H56N/c1-5-7-9-11-13-15-17-19-21-23-25-27(3,4)26-24-22-20-18-16-14-12-10-8-6-2/h5-26H2,1-4H3/q+1/i1D3,2D3,3D3,4D3,5D2,6D2,7D2,8D2,9D2,10D2,11D2,12D2,13D2,14D2,15D2,16D2,17D2,18D2,19D2,20D2,21D2,22D2,23D2,24D2,25D2,26D2. The van der Waals surface area contributed by atoms with Crippen molar-refractivity contribution < 1.29 is 81.2 Å². The second kappa shape index (κ2) is 20.7. The smallest absolute Gasteiger partial charge is 0.0924 e. The molecule has 0 saturated heterocycles. The predicted octanol–water partition coefficient (Wildman–Crippen LogP) is 8.90. The Morgan fingerprint density at radius 1 is 0.444 bits per heavy atom. The number of hydrogen-bond donors (Lipinski definition) is 0. The van der Waals surface area contributed by atoms with Crippen molar-refractivity contribution in [3.05, 3.63) is 0 Å². The van der Waals surface area contributed by atoms with Crippen LogP contribution in [0.3, 0.4) is 0 Å². The minimum absolute atomic E-state index is 4.31. The second-order valence-electron chi connectivity index (χ2n) is 3.39. The number of hydrogen-bond acceptors (Lipinski definition) is 0. The molecule has 0 rings (SSSR count). The van der Waals surface area contributed by atoms with E-state index in [1.165, 1.54) is 0 Å². The van der Waals surface area contributed by atoms with E-state index < -0.39 is 173 Å². The Morgan fingerprint density at radius 2 is 0.741 bits per heavy atom. The Bertz CT molecular complexity index is 2170. The summed E-state index contributed by atoms with van der Waals surface area (Å²) in [5, 5.41) is 0. The van der Waals surface area contributed by atoms with Crippen LogP contribution in [0.25, 0.3) is 0 Å². The molecule has 0 aromatic carbocycles. The molecule has 0 aliphatic carbocycles. The van der Waals surface area contributed by atoms with Crippen LogP contribution in [-0.4, -0.2) is 31.4 Å². The third kappa shape index (κ3) is 22.1. The van der Waals surface area contributed by atoms with Crippen LogP contribution in [0.2, 0.25) is 0 Å². The topological polar surface area (TPSA) is 0 Å². The van der Waals surface area contributed by atoms with Crippen LogP contribution in [0.5, 0.6) is 0 Å². The van der Waals surface area contributed by atoms with Gasteiger partial charge in [-0.1, -0.05) is 116 Å². The molecule has 164 valence electrons. The molecule has 0 heterocycles. The molecule has 0 aliphatic heterocycles. The summed E-state index contributed by atoms with van der Waals surface area (Å²) in [5.41, 5.74) is 0. The largest absolute Gasteiger partial charge is 0.328 e. The van der Waals surface area contributed by atoms with Crippen molar-refractivity contribution in [3.63, 3.8) is 0 Å². The minimum Gasteiger partial charge on any atom is -0.328 e. The molecule has 0 spiro atoms. The third-order valence-corrected chi connectivity index (χ3v) is 1.57. The van der Waals surface area contributed by atoms with Gasteiger partial charge in [-0.15, -0.1) is 0 Å². The highest BCUT2D eigenvalue weighted by Gasteiger charge is 2.13. The summed E-state index contributed by atoms with van der Waals surface area (Å²) in [6.45, 7) is -32.3. The lowest BCUT2D eigenvalue weighted by Crippen LogP contribution is -2.41. The summed E-state index contributed by atoms with van der Waals surface area (Å²) in [4.78, 5) is 0. The molecular weight excluding hydrogens is 326 g/mol. The molecule has 0 aliphatic rings. The molecule has 0 aromatic rings. The fourth-order valence-corrected chi connectivity index (χ4v) is 0.752. The first-order valence-electron chi connectivity index (χ1n) is 34.4. The first-order valence-corrected chi connectivity index (χ1v) is 6.39. The minimum atomic E-state index is -6.18. The van der Waals surface area contributed by atoms with Gasteiger partial charge in [0, 0.05) is 63.1 Å². The van der Waals surface area contributed by atoms with Crippen LogP contribution in [0.1, 0.15) is 218 Å². The molecular formula is C26H56N+. The summed E-state index contributed by atoms with van der Waals surface area (Å²) >= 11 is 0. The molecule has 0 N–H and O–H groups in total. The molecule has 1 nitrogen and oxygen atoms in total. The van der Waals surface area contributed by atoms with Crippen LogP contribution in [0.4, 0.5) is 0 Å². The maximum Gasteiger partial charge on any atom is 0.0924 e. The Hall–Kier alpha value is -0.0400. The zero-order valence-corrected chi connectivity index (χ0v) is 13.4. The average Bonchev–Trinajstić information content (AvgIpc) is 3.19. The molecule has 0 unspecified atom stereocenters. The SMILES string of the molecule is [2H]C([2H])([2H])C([2H])([2H])C([2H])([2H])C([2H])([2H])C([2H])([2H])C([2H])([2H])C([2H])([2H])C([2H])([2H])C([2H])([2H])C([2H])([2H])C([2H])([2H])C([2H])([2H])[N+](C([2H])([2H])[2H])(C([2H])([2H])[2H])C([2H])([2H])C([2H])([2H])C([2H])([2H])C([2H])([2H])C([2H])([2H])C([2H])([2H])C([2H])([2H])C([2H])([2H])C([2H])([2H])C([2H])([2H])C([2H])([2H])C([2H])([2H])[2H]. The summed E-state index contributed by atoms with van der Waals surface area (Å²) in [7, 11) is 0. The maximum atomic E-state index is 8.82. The Balaban J connectivity index is 9.07. The Kier molecular flexibility index (Phi) is 2.07. The van der Waals surface area contributed by atoms with Crippen molar-refractivity contribution in [1.29, 1.82) is 0 Å². The highest BCUT2D eigenvalue weighted by molar-refractivity contribution is 4.50. The van der Waals surface area contributed by atoms with E-state index in [0.717, 1.165) is 0 Å². The van der Waals surface area contributed by atoms with Crippen LogP contribution in [-0.2, 0) is 0 Å². The zero-order chi connectivity index (χ0) is 69.5. The van der Waals surface area contributed by atoms with E-state index >= 15 is 0 Å². The summed E-state index contributed by atoms with van der Waals surface area (Å²) in [6.07, 6.45) is -108. The van der Waals surface area contributed by atoms with Gasteiger partial charge in [0.15, 0.2) is 0 Å². The van der Waals surface area contributed by atoms with Crippen molar-refractivity contribution in [2.75, 3.05) is 26.9 Å². The van der Waals surface area contributed by atoms with Gasteiger partial charge < -0.3 is 4.48 Å². The number of quaternary nitrogens is 1. The van der Waals surface area contributed by atoms with Gasteiger partial charge in [0.05, 0.1) is 40.7 Å². The van der Waals surface area contributed by atoms with Crippen molar-refractivity contribution in [3.8, 4) is 0 Å². The normalized spacial score (nSPS) is 56.3. The lowest BCUT2D eigenvalue weighted by Gasteiger charge is -2.30. The fourth-order valence-electron chi connectivity index (χ4n) is 0.752. The van der Waals surface area contributed by atoms with Gasteiger partial charge in [-0.25, -0.2) is 0 Å². The van der Waals surface area contributed by atoms with Gasteiger partial charge >= 0.3 is 0 Å². The molecule has 0 atom stereocenters. The van der Waals surface area contributed by atoms with E-state index in [4.69, 9.17) is 76.8 Å². The Morgan fingerprint density at radius 3 is 1.04 bits per heavy atom. The summed E-state index contributed by atoms with van der Waals surface area (Å²) in [5.74, 6) is 0. The number of nitrogens with zero attached hydrogens (tertiary/aromatic N) is 1. The van der Waals surface area contributed by atoms with Gasteiger partial charge in [0.1, 0.15) is 0 Å². The van der Waals surface area contributed by atoms with E-state index in [9.17, 15) is 0 Å². The van der Waals surface area contributed by atoms with Crippen LogP contribution in [0.15, 0.2) is 0 Å². The van der Waals surface area contributed by atoms with Crippen LogP contribution >= 0.6 is 0 Å². The summed E-state index contributed by atoms with van der Waals surface area (Å²) in [6, 6.07) is 0. The highest BCUT2D eigenvalue weighted by atomic mass is 15.3. The van der Waals surface area contributed by atoms with Crippen molar-refractivity contribution in [2.24, 2.45) is 0 Å². The average molecular weight is 439 g/mol. The number of rotatable bonds is 22. The third-order valence-electron chi connectivity index (χ3n) is 1.57. The fraction of sp³-hybridized carbons (Fsp3) is 1.00. The van der Waals surface area contributed by atoms with E-state index in [0.29, 0.717) is 0 Å². The zero-order valence-electron chi connectivity index (χ0n) is 69.4. The molecule has 0 fully saturated rings. The van der Waals surface area contributed by atoms with Crippen LogP contribution < -0.4 is 0 Å². The predicted molar refractivity (Wildman–Crippen MR) is 126 cm³/mol. The van der Waals surface area contributed by atoms with Gasteiger partial charge in [-0.05, 0) is 25.5 Å². The van der Waals surface area contributed by atoms with Gasteiger partial charge in [0.25, 0.3) is 0 Å². The van der Waals surface area contributed by atoms with Crippen molar-refractivity contribution in [2.45, 2.75) is 141 Å². The lowest BCUT2D eigenvalue weighted by molar-refractivity contribution is -0.890.